The monoisotopic (exact) mass is 671 g/mol. The maximum Gasteiger partial charge on any atom is 0.417 e. The van der Waals surface area contributed by atoms with E-state index in [1.165, 1.54) is 30.2 Å². The fourth-order valence-corrected chi connectivity index (χ4v) is 6.35. The predicted octanol–water partition coefficient (Wildman–Crippen LogP) is 8.08. The summed E-state index contributed by atoms with van der Waals surface area (Å²) in [5, 5.41) is 12.5. The minimum Gasteiger partial charge on any atom is -0.493 e. The first-order valence-electron chi connectivity index (χ1n) is 14.4. The molecule has 1 fully saturated rings. The van der Waals surface area contributed by atoms with Crippen molar-refractivity contribution in [3.63, 3.8) is 0 Å². The number of hydrogen-bond acceptors (Lipinski definition) is 9. The number of halogens is 4. The first kappa shape index (κ1) is 31.6. The Morgan fingerprint density at radius 3 is 2.63 bits per heavy atom. The maximum absolute atomic E-state index is 13.2. The molecule has 1 unspecified atom stereocenters. The first-order chi connectivity index (χ1) is 22.2. The van der Waals surface area contributed by atoms with E-state index in [2.05, 4.69) is 36.2 Å². The van der Waals surface area contributed by atoms with E-state index in [-0.39, 0.29) is 5.69 Å². The van der Waals surface area contributed by atoms with Gasteiger partial charge >= 0.3 is 12.2 Å². The summed E-state index contributed by atoms with van der Waals surface area (Å²) < 4.78 is 52.0. The van der Waals surface area contributed by atoms with Gasteiger partial charge in [0.15, 0.2) is 16.6 Å². The molecule has 2 amide bonds. The number of nitrogens with zero attached hydrogens (tertiary/aromatic N) is 3. The number of urea groups is 1. The van der Waals surface area contributed by atoms with Crippen molar-refractivity contribution in [2.45, 2.75) is 25.4 Å². The van der Waals surface area contributed by atoms with Gasteiger partial charge in [0.05, 0.1) is 40.0 Å². The highest BCUT2D eigenvalue weighted by Gasteiger charge is 2.33. The van der Waals surface area contributed by atoms with E-state index in [4.69, 9.17) is 21.1 Å². The molecule has 10 nitrogen and oxygen atoms in total. The fourth-order valence-electron chi connectivity index (χ4n) is 5.22. The second-order valence-electron chi connectivity index (χ2n) is 10.7. The Hall–Kier alpha value is -4.40. The molecule has 0 bridgehead atoms. The van der Waals surface area contributed by atoms with Gasteiger partial charge in [0.2, 0.25) is 0 Å². The smallest absolute Gasteiger partial charge is 0.417 e. The minimum absolute atomic E-state index is 0.0514. The maximum atomic E-state index is 13.2. The van der Waals surface area contributed by atoms with Gasteiger partial charge in [-0.3, -0.25) is 0 Å². The third-order valence-electron chi connectivity index (χ3n) is 7.50. The number of ether oxygens (including phenoxy) is 2. The van der Waals surface area contributed by atoms with Gasteiger partial charge < -0.3 is 30.7 Å². The molecule has 0 spiro atoms. The van der Waals surface area contributed by atoms with Gasteiger partial charge in [-0.25, -0.2) is 19.7 Å². The van der Waals surface area contributed by atoms with Gasteiger partial charge in [-0.15, -0.1) is 0 Å². The molecule has 0 radical (unpaired) electrons. The number of fused-ring (bicyclic) bond motifs is 2. The second kappa shape index (κ2) is 13.5. The largest absolute Gasteiger partial charge is 0.493 e. The number of benzene rings is 3. The van der Waals surface area contributed by atoms with E-state index < -0.39 is 22.8 Å². The molecule has 4 N–H and O–H groups in total. The standard InChI is InChI=1S/C31H29ClF3N7O3S/c1-44-25-14-24-20(13-26(25)45-10-2-3-17-8-9-36-15-17)28(38-16-37-24)42-30-41-23-7-5-19(12-27(23)46-30)40-29(43)39-18-4-6-22(32)21(11-18)31(33,34)35/h4-7,11-14,16-17,36H,2-3,8-10,15H2,1H3,(H2,39,40,43)(H,37,38,41,42). The van der Waals surface area contributed by atoms with Crippen LogP contribution in [0.15, 0.2) is 54.9 Å². The number of methoxy groups -OCH3 is 1. The molecule has 3 heterocycles. The van der Waals surface area contributed by atoms with Crippen molar-refractivity contribution in [3.8, 4) is 11.5 Å². The molecule has 1 aliphatic rings. The summed E-state index contributed by atoms with van der Waals surface area (Å²) in [6.07, 6.45) is 0.0376. The van der Waals surface area contributed by atoms with Crippen molar-refractivity contribution < 1.29 is 27.4 Å². The van der Waals surface area contributed by atoms with E-state index in [1.807, 2.05) is 12.1 Å². The Labute approximate surface area is 270 Å². The van der Waals surface area contributed by atoms with Gasteiger partial charge in [0, 0.05) is 22.8 Å². The minimum atomic E-state index is -4.65. The zero-order valence-electron chi connectivity index (χ0n) is 24.5. The number of anilines is 4. The van der Waals surface area contributed by atoms with Gasteiger partial charge in [-0.1, -0.05) is 22.9 Å². The molecule has 3 aromatic carbocycles. The molecular weight excluding hydrogens is 643 g/mol. The highest BCUT2D eigenvalue weighted by molar-refractivity contribution is 7.22. The molecule has 0 aliphatic carbocycles. The molecule has 6 rings (SSSR count). The van der Waals surface area contributed by atoms with Gasteiger partial charge in [-0.2, -0.15) is 13.2 Å². The molecule has 2 aromatic heterocycles. The fraction of sp³-hybridized carbons (Fsp3) is 0.290. The van der Waals surface area contributed by atoms with Crippen LogP contribution in [-0.2, 0) is 6.18 Å². The third-order valence-corrected chi connectivity index (χ3v) is 8.76. The SMILES string of the molecule is COc1cc2ncnc(Nc3nc4ccc(NC(=O)Nc5ccc(Cl)c(C(F)(F)F)c5)cc4s3)c2cc1OCCCC1CCNC1. The number of rotatable bonds is 10. The summed E-state index contributed by atoms with van der Waals surface area (Å²) in [5.41, 5.74) is 0.679. The Kier molecular flexibility index (Phi) is 9.29. The number of amides is 2. The quantitative estimate of drug-likeness (QED) is 0.110. The molecule has 1 aliphatic heterocycles. The van der Waals surface area contributed by atoms with E-state index in [1.54, 1.807) is 25.3 Å². The molecule has 1 atom stereocenters. The normalized spacial score (nSPS) is 14.8. The number of carbonyl (C=O) groups excluding carboxylic acids is 1. The van der Waals surface area contributed by atoms with Gasteiger partial charge in [0.25, 0.3) is 0 Å². The number of carbonyl (C=O) groups is 1. The number of alkyl halides is 3. The number of nitrogens with one attached hydrogen (secondary N) is 4. The Balaban J connectivity index is 1.15. The average Bonchev–Trinajstić information content (AvgIpc) is 3.69. The van der Waals surface area contributed by atoms with Crippen LogP contribution < -0.4 is 30.7 Å². The van der Waals surface area contributed by atoms with Crippen LogP contribution in [-0.4, -0.2) is 47.8 Å². The summed E-state index contributed by atoms with van der Waals surface area (Å²) in [6, 6.07) is 11.2. The van der Waals surface area contributed by atoms with Crippen LogP contribution in [0.5, 0.6) is 11.5 Å². The Morgan fingerprint density at radius 1 is 1.07 bits per heavy atom. The van der Waals surface area contributed by atoms with Crippen LogP contribution >= 0.6 is 22.9 Å². The zero-order chi connectivity index (χ0) is 32.3. The molecule has 15 heteroatoms. The topological polar surface area (TPSA) is 122 Å². The average molecular weight is 672 g/mol. The van der Waals surface area contributed by atoms with Crippen molar-refractivity contribution in [1.29, 1.82) is 0 Å². The number of hydrogen-bond donors (Lipinski definition) is 4. The Bertz CT molecular complexity index is 1880. The summed E-state index contributed by atoms with van der Waals surface area (Å²) >= 11 is 7.01. The van der Waals surface area contributed by atoms with Crippen molar-refractivity contribution in [2.75, 3.05) is 42.8 Å². The highest BCUT2D eigenvalue weighted by Crippen LogP contribution is 2.38. The molecule has 5 aromatic rings. The molecule has 1 saturated heterocycles. The van der Waals surface area contributed by atoms with Crippen molar-refractivity contribution in [1.82, 2.24) is 20.3 Å². The lowest BCUT2D eigenvalue weighted by molar-refractivity contribution is -0.137. The summed E-state index contributed by atoms with van der Waals surface area (Å²) in [5.74, 6) is 2.41. The van der Waals surface area contributed by atoms with Crippen molar-refractivity contribution >= 4 is 72.4 Å². The summed E-state index contributed by atoms with van der Waals surface area (Å²) in [6.45, 7) is 2.70. The number of aromatic nitrogens is 3. The van der Waals surface area contributed by atoms with Crippen molar-refractivity contribution in [3.05, 3.63) is 65.4 Å². The Morgan fingerprint density at radius 2 is 1.87 bits per heavy atom. The van der Waals surface area contributed by atoms with E-state index >= 15 is 0 Å². The van der Waals surface area contributed by atoms with Crippen LogP contribution in [0.3, 0.4) is 0 Å². The van der Waals surface area contributed by atoms with E-state index in [0.717, 1.165) is 48.2 Å². The predicted molar refractivity (Wildman–Crippen MR) is 174 cm³/mol. The van der Waals surface area contributed by atoms with Crippen LogP contribution in [0.25, 0.3) is 21.1 Å². The van der Waals surface area contributed by atoms with Crippen LogP contribution in [0.4, 0.5) is 40.3 Å². The van der Waals surface area contributed by atoms with E-state index in [0.29, 0.717) is 51.7 Å². The summed E-state index contributed by atoms with van der Waals surface area (Å²) in [4.78, 5) is 26.0. The molecule has 46 heavy (non-hydrogen) atoms. The van der Waals surface area contributed by atoms with Crippen molar-refractivity contribution in [2.24, 2.45) is 5.92 Å². The van der Waals surface area contributed by atoms with Crippen LogP contribution in [0, 0.1) is 5.92 Å². The first-order valence-corrected chi connectivity index (χ1v) is 15.6. The van der Waals surface area contributed by atoms with Crippen LogP contribution in [0.1, 0.15) is 24.8 Å². The number of thiazole rings is 1. The lowest BCUT2D eigenvalue weighted by Crippen LogP contribution is -2.19. The summed E-state index contributed by atoms with van der Waals surface area (Å²) in [7, 11) is 1.59. The molecule has 240 valence electrons. The highest BCUT2D eigenvalue weighted by atomic mass is 35.5. The molecule has 0 saturated carbocycles. The second-order valence-corrected chi connectivity index (χ2v) is 12.1. The van der Waals surface area contributed by atoms with Gasteiger partial charge in [-0.05, 0) is 80.7 Å². The van der Waals surface area contributed by atoms with Gasteiger partial charge in [0.1, 0.15) is 12.1 Å². The van der Waals surface area contributed by atoms with Crippen LogP contribution in [0.2, 0.25) is 5.02 Å². The lowest BCUT2D eigenvalue weighted by Gasteiger charge is -2.14. The zero-order valence-corrected chi connectivity index (χ0v) is 26.1. The third kappa shape index (κ3) is 7.35. The van der Waals surface area contributed by atoms with E-state index in [9.17, 15) is 18.0 Å². The lowest BCUT2D eigenvalue weighted by atomic mass is 10.0. The molecular formula is C31H29ClF3N7O3S.